The third kappa shape index (κ3) is 2.56. The zero-order chi connectivity index (χ0) is 15.9. The molecule has 0 aliphatic carbocycles. The van der Waals surface area contributed by atoms with Gasteiger partial charge in [-0.3, -0.25) is 4.90 Å². The van der Waals surface area contributed by atoms with E-state index in [1.54, 1.807) is 4.90 Å². The molecule has 2 heteroatoms. The number of hydrogen-bond donors (Lipinski definition) is 0. The molecule has 0 amide bonds. The highest BCUT2D eigenvalue weighted by Crippen LogP contribution is 2.06. The SMILES string of the molecule is [2H]C([2H])([2H])N1C([2H])([2H])CN(Cc2ccccc2)CC1([2H])[2H]. The van der Waals surface area contributed by atoms with Crippen molar-refractivity contribution < 1.29 is 9.60 Å². The van der Waals surface area contributed by atoms with Gasteiger partial charge in [0.2, 0.25) is 0 Å². The van der Waals surface area contributed by atoms with E-state index in [9.17, 15) is 0 Å². The first-order valence-corrected chi connectivity index (χ1v) is 4.59. The van der Waals surface area contributed by atoms with Crippen LogP contribution >= 0.6 is 0 Å². The maximum absolute atomic E-state index is 7.94. The summed E-state index contributed by atoms with van der Waals surface area (Å²) in [4.78, 5) is 1.98. The van der Waals surface area contributed by atoms with Gasteiger partial charge in [0.15, 0.2) is 0 Å². The van der Waals surface area contributed by atoms with Crippen molar-refractivity contribution in [2.24, 2.45) is 0 Å². The summed E-state index contributed by atoms with van der Waals surface area (Å²) in [5.41, 5.74) is 0.937. The predicted molar refractivity (Wildman–Crippen MR) is 59.2 cm³/mol. The van der Waals surface area contributed by atoms with Gasteiger partial charge in [-0.2, -0.15) is 0 Å². The smallest absolute Gasteiger partial charge is 0.0444 e. The molecule has 1 aromatic carbocycles. The van der Waals surface area contributed by atoms with Crippen LogP contribution in [-0.2, 0) is 6.54 Å². The Kier molecular flexibility index (Phi) is 1.42. The summed E-state index contributed by atoms with van der Waals surface area (Å²) in [6, 6.07) is 9.34. The van der Waals surface area contributed by atoms with Crippen LogP contribution in [0.2, 0.25) is 0 Å². The van der Waals surface area contributed by atoms with Crippen LogP contribution in [0, 0.1) is 0 Å². The first-order valence-electron chi connectivity index (χ1n) is 8.09. The highest BCUT2D eigenvalue weighted by atomic mass is 15.2. The minimum absolute atomic E-state index is 0.153. The Morgan fingerprint density at radius 2 is 2.00 bits per heavy atom. The molecule has 0 spiro atoms. The Labute approximate surface area is 96.0 Å². The quantitative estimate of drug-likeness (QED) is 0.708. The van der Waals surface area contributed by atoms with Crippen LogP contribution in [-0.4, -0.2) is 42.9 Å². The molecule has 76 valence electrons. The molecule has 2 nitrogen and oxygen atoms in total. The monoisotopic (exact) mass is 197 g/mol. The van der Waals surface area contributed by atoms with Gasteiger partial charge in [0.1, 0.15) is 0 Å². The number of benzene rings is 1. The van der Waals surface area contributed by atoms with E-state index in [0.717, 1.165) is 5.56 Å². The van der Waals surface area contributed by atoms with Crippen molar-refractivity contribution in [2.75, 3.05) is 33.1 Å². The molecule has 0 atom stereocenters. The van der Waals surface area contributed by atoms with E-state index >= 15 is 0 Å². The molecule has 0 radical (unpaired) electrons. The first-order chi connectivity index (χ1) is 9.52. The summed E-state index contributed by atoms with van der Waals surface area (Å²) in [5, 5.41) is 0. The summed E-state index contributed by atoms with van der Waals surface area (Å²) in [6.07, 6.45) is 0. The van der Waals surface area contributed by atoms with E-state index in [4.69, 9.17) is 9.60 Å². The lowest BCUT2D eigenvalue weighted by Crippen LogP contribution is -2.43. The normalized spacial score (nSPS) is 35.3. The van der Waals surface area contributed by atoms with Crippen LogP contribution in [0.5, 0.6) is 0 Å². The largest absolute Gasteiger partial charge is 0.304 e. The van der Waals surface area contributed by atoms with E-state index in [2.05, 4.69) is 0 Å². The van der Waals surface area contributed by atoms with Gasteiger partial charge >= 0.3 is 0 Å². The Bertz CT molecular complexity index is 468. The van der Waals surface area contributed by atoms with E-state index in [1.807, 2.05) is 30.3 Å². The van der Waals surface area contributed by atoms with Crippen LogP contribution in [0.3, 0.4) is 0 Å². The average Bonchev–Trinajstić information content (AvgIpc) is 2.23. The number of rotatable bonds is 2. The molecule has 2 rings (SSSR count). The average molecular weight is 197 g/mol. The standard InChI is InChI=1S/C12H18N2/c1-13-7-9-14(10-8-13)11-12-5-3-2-4-6-12/h2-6H,7-11H2,1H3/i1D3,7D2,8D2. The Morgan fingerprint density at radius 1 is 1.29 bits per heavy atom. The van der Waals surface area contributed by atoms with Crippen LogP contribution < -0.4 is 0 Å². The van der Waals surface area contributed by atoms with Crippen molar-refractivity contribution in [1.82, 2.24) is 9.80 Å². The lowest BCUT2D eigenvalue weighted by Gasteiger charge is -2.32. The fraction of sp³-hybridized carbons (Fsp3) is 0.500. The second-order valence-electron chi connectivity index (χ2n) is 3.28. The minimum Gasteiger partial charge on any atom is -0.304 e. The maximum atomic E-state index is 7.94. The van der Waals surface area contributed by atoms with Gasteiger partial charge in [-0.1, -0.05) is 30.3 Å². The van der Waals surface area contributed by atoms with Gasteiger partial charge in [0, 0.05) is 42.2 Å². The van der Waals surface area contributed by atoms with Gasteiger partial charge in [-0.05, 0) is 12.5 Å². The van der Waals surface area contributed by atoms with Gasteiger partial charge in [0.25, 0.3) is 0 Å². The number of nitrogens with zero attached hydrogens (tertiary/aromatic N) is 2. The lowest BCUT2D eigenvalue weighted by molar-refractivity contribution is 0.148. The third-order valence-electron chi connectivity index (χ3n) is 2.15. The zero-order valence-electron chi connectivity index (χ0n) is 14.9. The minimum atomic E-state index is -2.81. The molecule has 0 aromatic heterocycles. The number of hydrogen-bond acceptors (Lipinski definition) is 2. The summed E-state index contributed by atoms with van der Waals surface area (Å²) in [5.74, 6) is 0. The second-order valence-corrected chi connectivity index (χ2v) is 3.28. The van der Waals surface area contributed by atoms with E-state index < -0.39 is 20.0 Å². The van der Waals surface area contributed by atoms with Crippen molar-refractivity contribution in [3.8, 4) is 0 Å². The molecule has 1 fully saturated rings. The summed E-state index contributed by atoms with van der Waals surface area (Å²) >= 11 is 0. The Morgan fingerprint density at radius 3 is 2.64 bits per heavy atom. The van der Waals surface area contributed by atoms with Crippen molar-refractivity contribution in [1.29, 1.82) is 0 Å². The van der Waals surface area contributed by atoms with Crippen LogP contribution in [0.15, 0.2) is 30.3 Å². The summed E-state index contributed by atoms with van der Waals surface area (Å²) in [6.45, 7) is -7.26. The number of likely N-dealkylation sites (N-methyl/N-ethyl adjacent to an activating group) is 1. The van der Waals surface area contributed by atoms with Gasteiger partial charge in [-0.15, -0.1) is 0 Å². The van der Waals surface area contributed by atoms with Crippen molar-refractivity contribution in [3.63, 3.8) is 0 Å². The highest BCUT2D eigenvalue weighted by Gasteiger charge is 2.13. The fourth-order valence-corrected chi connectivity index (χ4v) is 1.41. The van der Waals surface area contributed by atoms with Crippen LogP contribution in [0.4, 0.5) is 0 Å². The Hall–Kier alpha value is -0.860. The molecule has 0 bridgehead atoms. The van der Waals surface area contributed by atoms with E-state index in [1.165, 1.54) is 0 Å². The molecule has 1 saturated heterocycles. The summed E-state index contributed by atoms with van der Waals surface area (Å²) in [7, 11) is 0. The predicted octanol–water partition coefficient (Wildman–Crippen LogP) is 1.43. The van der Waals surface area contributed by atoms with Crippen LogP contribution in [0.1, 0.15) is 15.2 Å². The van der Waals surface area contributed by atoms with Gasteiger partial charge in [0.05, 0.1) is 0 Å². The third-order valence-corrected chi connectivity index (χ3v) is 2.15. The molecule has 14 heavy (non-hydrogen) atoms. The molecule has 1 aliphatic rings. The fourth-order valence-electron chi connectivity index (χ4n) is 1.41. The molecule has 1 aromatic rings. The van der Waals surface area contributed by atoms with Gasteiger partial charge < -0.3 is 4.90 Å². The molecule has 0 N–H and O–H groups in total. The summed E-state index contributed by atoms with van der Waals surface area (Å²) < 4.78 is 53.9. The second kappa shape index (κ2) is 4.58. The molecular formula is C12H18N2. The first kappa shape index (κ1) is 4.33. The topological polar surface area (TPSA) is 6.48 Å². The van der Waals surface area contributed by atoms with Crippen LogP contribution in [0.25, 0.3) is 0 Å². The molecule has 0 unspecified atom stereocenters. The molecule has 1 heterocycles. The van der Waals surface area contributed by atoms with E-state index in [0.29, 0.717) is 11.4 Å². The molecule has 0 saturated carbocycles. The molecular weight excluding hydrogens is 172 g/mol. The molecule has 1 aliphatic heterocycles. The number of piperazine rings is 1. The van der Waals surface area contributed by atoms with Crippen molar-refractivity contribution in [2.45, 2.75) is 6.54 Å². The lowest BCUT2D eigenvalue weighted by atomic mass is 10.2. The maximum Gasteiger partial charge on any atom is 0.0444 e. The zero-order valence-corrected chi connectivity index (χ0v) is 7.90. The van der Waals surface area contributed by atoms with Crippen molar-refractivity contribution in [3.05, 3.63) is 35.9 Å². The Balaban J connectivity index is 2.21. The van der Waals surface area contributed by atoms with E-state index in [-0.39, 0.29) is 13.1 Å². The van der Waals surface area contributed by atoms with Crippen molar-refractivity contribution >= 4 is 0 Å². The van der Waals surface area contributed by atoms with Gasteiger partial charge in [-0.25, -0.2) is 0 Å². The highest BCUT2D eigenvalue weighted by molar-refractivity contribution is 5.14.